The molecule has 0 fully saturated rings. The van der Waals surface area contributed by atoms with Gasteiger partial charge in [0, 0.05) is 18.1 Å². The number of benzene rings is 3. The van der Waals surface area contributed by atoms with Crippen LogP contribution in [0, 0.1) is 26.7 Å². The van der Waals surface area contributed by atoms with Crippen LogP contribution in [0.4, 0.5) is 5.69 Å². The van der Waals surface area contributed by atoms with Crippen LogP contribution >= 0.6 is 11.6 Å². The second-order valence-electron chi connectivity index (χ2n) is 10.6. The Balaban J connectivity index is 2.05. The average Bonchev–Trinajstić information content (AvgIpc) is 2.88. The van der Waals surface area contributed by atoms with Gasteiger partial charge >= 0.3 is 0 Å². The fourth-order valence-corrected chi connectivity index (χ4v) is 5.94. The molecule has 0 unspecified atom stereocenters. The Kier molecular flexibility index (Phi) is 10.4. The maximum absolute atomic E-state index is 14.0. The Hall–Kier alpha value is -3.36. The molecule has 1 atom stereocenters. The first-order valence-corrected chi connectivity index (χ1v) is 15.1. The molecule has 214 valence electrons. The number of sulfonamides is 1. The van der Waals surface area contributed by atoms with Crippen molar-refractivity contribution in [3.63, 3.8) is 0 Å². The molecule has 0 aliphatic carbocycles. The summed E-state index contributed by atoms with van der Waals surface area (Å²) in [5.74, 6) is -0.599. The lowest BCUT2D eigenvalue weighted by molar-refractivity contribution is -0.139. The second kappa shape index (κ2) is 13.3. The van der Waals surface area contributed by atoms with Gasteiger partial charge in [0.1, 0.15) is 12.6 Å². The van der Waals surface area contributed by atoms with E-state index in [-0.39, 0.29) is 23.3 Å². The van der Waals surface area contributed by atoms with E-state index in [4.69, 9.17) is 11.6 Å². The van der Waals surface area contributed by atoms with Gasteiger partial charge in [-0.3, -0.25) is 13.9 Å². The van der Waals surface area contributed by atoms with Crippen LogP contribution in [0.25, 0.3) is 0 Å². The monoisotopic (exact) mass is 583 g/mol. The number of rotatable bonds is 11. The molecule has 0 aliphatic heterocycles. The molecule has 0 aliphatic rings. The summed E-state index contributed by atoms with van der Waals surface area (Å²) >= 11 is 6.20. The van der Waals surface area contributed by atoms with E-state index in [0.717, 1.165) is 26.6 Å². The first-order chi connectivity index (χ1) is 18.8. The van der Waals surface area contributed by atoms with E-state index in [2.05, 4.69) is 5.32 Å². The average molecular weight is 584 g/mol. The van der Waals surface area contributed by atoms with Crippen LogP contribution in [0.15, 0.2) is 71.6 Å². The SMILES string of the molecule is Cc1ccc(S(=O)(=O)N(CC(=O)N(Cc2cccc(Cl)c2)[C@@H](C)C(=O)NCC(C)C)c2cc(C)cc(C)c2)cc1. The van der Waals surface area contributed by atoms with E-state index in [0.29, 0.717) is 17.3 Å². The number of amides is 2. The highest BCUT2D eigenvalue weighted by molar-refractivity contribution is 7.92. The number of nitrogens with zero attached hydrogens (tertiary/aromatic N) is 2. The number of hydrogen-bond acceptors (Lipinski definition) is 4. The third-order valence-electron chi connectivity index (χ3n) is 6.48. The van der Waals surface area contributed by atoms with Gasteiger partial charge in [-0.15, -0.1) is 0 Å². The van der Waals surface area contributed by atoms with Crippen molar-refractivity contribution >= 4 is 39.1 Å². The minimum atomic E-state index is -4.12. The van der Waals surface area contributed by atoms with E-state index < -0.39 is 28.5 Å². The molecule has 0 bridgehead atoms. The van der Waals surface area contributed by atoms with Crippen LogP contribution < -0.4 is 9.62 Å². The van der Waals surface area contributed by atoms with Gasteiger partial charge in [-0.2, -0.15) is 0 Å². The van der Waals surface area contributed by atoms with Crippen molar-refractivity contribution in [3.05, 3.63) is 94.0 Å². The molecule has 0 radical (unpaired) electrons. The van der Waals surface area contributed by atoms with E-state index >= 15 is 0 Å². The number of nitrogens with one attached hydrogen (secondary N) is 1. The number of carbonyl (C=O) groups is 2. The summed E-state index contributed by atoms with van der Waals surface area (Å²) in [7, 11) is -4.12. The Morgan fingerprint density at radius 1 is 0.875 bits per heavy atom. The smallest absolute Gasteiger partial charge is 0.264 e. The van der Waals surface area contributed by atoms with Gasteiger partial charge in [-0.05, 0) is 86.7 Å². The first-order valence-electron chi connectivity index (χ1n) is 13.3. The van der Waals surface area contributed by atoms with Crippen molar-refractivity contribution in [3.8, 4) is 0 Å². The van der Waals surface area contributed by atoms with E-state index in [1.54, 1.807) is 49.4 Å². The molecule has 3 rings (SSSR count). The Morgan fingerprint density at radius 2 is 1.50 bits per heavy atom. The van der Waals surface area contributed by atoms with Crippen LogP contribution in [0.2, 0.25) is 5.02 Å². The van der Waals surface area contributed by atoms with E-state index in [9.17, 15) is 18.0 Å². The highest BCUT2D eigenvalue weighted by Gasteiger charge is 2.32. The summed E-state index contributed by atoms with van der Waals surface area (Å²) in [5.41, 5.74) is 3.75. The van der Waals surface area contributed by atoms with Crippen LogP contribution in [0.3, 0.4) is 0 Å². The van der Waals surface area contributed by atoms with Crippen molar-refractivity contribution in [1.29, 1.82) is 0 Å². The molecule has 0 aromatic heterocycles. The standard InChI is InChI=1S/C31H38ClN3O4S/c1-21(2)18-33-31(37)25(6)34(19-26-8-7-9-27(32)17-26)30(36)20-35(28-15-23(4)14-24(5)16-28)40(38,39)29-12-10-22(3)11-13-29/h7-17,21,25H,18-20H2,1-6H3,(H,33,37)/t25-/m0/s1. The normalized spacial score (nSPS) is 12.2. The summed E-state index contributed by atoms with van der Waals surface area (Å²) < 4.78 is 29.1. The fourth-order valence-electron chi connectivity index (χ4n) is 4.33. The highest BCUT2D eigenvalue weighted by Crippen LogP contribution is 2.27. The molecule has 40 heavy (non-hydrogen) atoms. The van der Waals surface area contributed by atoms with Gasteiger partial charge in [-0.1, -0.05) is 61.3 Å². The minimum absolute atomic E-state index is 0.0779. The maximum Gasteiger partial charge on any atom is 0.264 e. The number of hydrogen-bond donors (Lipinski definition) is 1. The Labute approximate surface area is 243 Å². The van der Waals surface area contributed by atoms with Crippen molar-refractivity contribution in [2.24, 2.45) is 5.92 Å². The van der Waals surface area contributed by atoms with Crippen molar-refractivity contribution in [2.45, 2.75) is 59.0 Å². The molecule has 3 aromatic carbocycles. The van der Waals surface area contributed by atoms with Gasteiger partial charge in [0.15, 0.2) is 0 Å². The van der Waals surface area contributed by atoms with Crippen molar-refractivity contribution in [1.82, 2.24) is 10.2 Å². The molecule has 2 amide bonds. The summed E-state index contributed by atoms with van der Waals surface area (Å²) in [6, 6.07) is 18.1. The highest BCUT2D eigenvalue weighted by atomic mass is 35.5. The number of aryl methyl sites for hydroxylation is 3. The second-order valence-corrected chi connectivity index (χ2v) is 12.9. The predicted molar refractivity (Wildman–Crippen MR) is 161 cm³/mol. The maximum atomic E-state index is 14.0. The molecular formula is C31H38ClN3O4S. The summed E-state index contributed by atoms with van der Waals surface area (Å²) in [6.45, 7) is 11.3. The molecular weight excluding hydrogens is 546 g/mol. The molecule has 9 heteroatoms. The quantitative estimate of drug-likeness (QED) is 0.316. The summed E-state index contributed by atoms with van der Waals surface area (Å²) in [6.07, 6.45) is 0. The third-order valence-corrected chi connectivity index (χ3v) is 8.50. The Morgan fingerprint density at radius 3 is 2.08 bits per heavy atom. The van der Waals surface area contributed by atoms with Gasteiger partial charge in [0.25, 0.3) is 10.0 Å². The van der Waals surface area contributed by atoms with Gasteiger partial charge in [-0.25, -0.2) is 8.42 Å². The predicted octanol–water partition coefficient (Wildman–Crippen LogP) is 5.65. The van der Waals surface area contributed by atoms with Gasteiger partial charge in [0.2, 0.25) is 11.8 Å². The summed E-state index contributed by atoms with van der Waals surface area (Å²) in [4.78, 5) is 28.6. The van der Waals surface area contributed by atoms with Crippen LogP contribution in [-0.4, -0.2) is 44.3 Å². The van der Waals surface area contributed by atoms with Gasteiger partial charge < -0.3 is 10.2 Å². The molecule has 0 heterocycles. The van der Waals surface area contributed by atoms with Crippen molar-refractivity contribution < 1.29 is 18.0 Å². The van der Waals surface area contributed by atoms with Crippen LogP contribution in [0.5, 0.6) is 0 Å². The molecule has 7 nitrogen and oxygen atoms in total. The van der Waals surface area contributed by atoms with E-state index in [1.807, 2.05) is 46.8 Å². The number of anilines is 1. The van der Waals surface area contributed by atoms with Crippen molar-refractivity contribution in [2.75, 3.05) is 17.4 Å². The van der Waals surface area contributed by atoms with Crippen LogP contribution in [0.1, 0.15) is 43.0 Å². The van der Waals surface area contributed by atoms with Gasteiger partial charge in [0.05, 0.1) is 10.6 Å². The zero-order valence-electron chi connectivity index (χ0n) is 23.9. The topological polar surface area (TPSA) is 86.8 Å². The lowest BCUT2D eigenvalue weighted by Crippen LogP contribution is -2.51. The number of carbonyl (C=O) groups excluding carboxylic acids is 2. The zero-order valence-corrected chi connectivity index (χ0v) is 25.5. The third kappa shape index (κ3) is 8.08. The Bertz CT molecular complexity index is 1440. The first kappa shape index (κ1) is 31.2. The minimum Gasteiger partial charge on any atom is -0.354 e. The van der Waals surface area contributed by atoms with Crippen LogP contribution in [-0.2, 0) is 26.2 Å². The lowest BCUT2D eigenvalue weighted by atomic mass is 10.1. The molecule has 0 saturated carbocycles. The molecule has 0 spiro atoms. The zero-order chi connectivity index (χ0) is 29.6. The number of halogens is 1. The molecule has 0 saturated heterocycles. The summed E-state index contributed by atoms with van der Waals surface area (Å²) in [5, 5.41) is 3.39. The largest absolute Gasteiger partial charge is 0.354 e. The molecule has 1 N–H and O–H groups in total. The van der Waals surface area contributed by atoms with E-state index in [1.165, 1.54) is 17.0 Å². The molecule has 3 aromatic rings. The lowest BCUT2D eigenvalue weighted by Gasteiger charge is -2.32. The fraction of sp³-hybridized carbons (Fsp3) is 0.355.